The van der Waals surface area contributed by atoms with E-state index in [0.717, 1.165) is 0 Å². The van der Waals surface area contributed by atoms with E-state index in [2.05, 4.69) is 0 Å². The van der Waals surface area contributed by atoms with E-state index in [1.807, 2.05) is 0 Å². The lowest BCUT2D eigenvalue weighted by molar-refractivity contribution is -0.692. The van der Waals surface area contributed by atoms with E-state index in [1.54, 1.807) is 23.0 Å². The van der Waals surface area contributed by atoms with E-state index in [4.69, 9.17) is 10.4 Å². The van der Waals surface area contributed by atoms with E-state index < -0.39 is 15.3 Å². The Bertz CT molecular complexity index is 591. The molecule has 0 bridgehead atoms. The van der Waals surface area contributed by atoms with Gasteiger partial charge in [0.25, 0.3) is 0 Å². The molecule has 1 unspecified atom stereocenters. The summed E-state index contributed by atoms with van der Waals surface area (Å²) in [5.41, 5.74) is 0.334. The molecule has 0 aliphatic rings. The minimum Gasteiger partial charge on any atom is -0.288 e. The lowest BCUT2D eigenvalue weighted by Crippen LogP contribution is -2.34. The molecule has 0 amide bonds. The molecular weight excluding hydrogens is 286 g/mol. The lowest BCUT2D eigenvalue weighted by atomic mass is 10.2. The minimum atomic E-state index is -3.93. The SMILES string of the molecule is CC(=O)SCC[n+]1ccc(C(C#N)S(N)(=O)=O)cc1. The van der Waals surface area contributed by atoms with Crippen molar-refractivity contribution >= 4 is 26.9 Å². The Morgan fingerprint density at radius 2 is 2.11 bits per heavy atom. The fraction of sp³-hybridized carbons (Fsp3) is 0.364. The van der Waals surface area contributed by atoms with Crippen molar-refractivity contribution < 1.29 is 17.8 Å². The average molecular weight is 300 g/mol. The summed E-state index contributed by atoms with van der Waals surface area (Å²) in [5, 5.41) is 12.5. The van der Waals surface area contributed by atoms with Gasteiger partial charge in [0.15, 0.2) is 29.3 Å². The second-order valence-electron chi connectivity index (χ2n) is 3.81. The lowest BCUT2D eigenvalue weighted by Gasteiger charge is -2.05. The number of primary sulfonamides is 1. The molecule has 19 heavy (non-hydrogen) atoms. The fourth-order valence-electron chi connectivity index (χ4n) is 1.43. The van der Waals surface area contributed by atoms with Gasteiger partial charge in [-0.3, -0.25) is 4.79 Å². The number of sulfonamides is 1. The van der Waals surface area contributed by atoms with Crippen molar-refractivity contribution in [2.45, 2.75) is 18.7 Å². The molecule has 2 N–H and O–H groups in total. The third-order valence-corrected chi connectivity index (χ3v) is 4.15. The quantitative estimate of drug-likeness (QED) is 0.777. The van der Waals surface area contributed by atoms with Crippen LogP contribution in [0.5, 0.6) is 0 Å². The summed E-state index contributed by atoms with van der Waals surface area (Å²) in [6.45, 7) is 2.12. The van der Waals surface area contributed by atoms with Crippen LogP contribution in [0.2, 0.25) is 0 Å². The molecule has 102 valence electrons. The van der Waals surface area contributed by atoms with E-state index in [0.29, 0.717) is 17.9 Å². The molecule has 1 aromatic rings. The van der Waals surface area contributed by atoms with E-state index in [9.17, 15) is 13.2 Å². The molecule has 0 saturated carbocycles. The first-order valence-electron chi connectivity index (χ1n) is 5.38. The smallest absolute Gasteiger partial charge is 0.229 e. The Balaban J connectivity index is 2.76. The van der Waals surface area contributed by atoms with E-state index >= 15 is 0 Å². The summed E-state index contributed by atoms with van der Waals surface area (Å²) in [6, 6.07) is 4.74. The largest absolute Gasteiger partial charge is 0.288 e. The van der Waals surface area contributed by atoms with E-state index in [1.165, 1.54) is 30.8 Å². The van der Waals surface area contributed by atoms with Crippen molar-refractivity contribution in [2.75, 3.05) is 5.75 Å². The number of aryl methyl sites for hydroxylation is 1. The molecule has 0 spiro atoms. The highest BCUT2D eigenvalue weighted by Gasteiger charge is 2.23. The van der Waals surface area contributed by atoms with Gasteiger partial charge in [0.1, 0.15) is 0 Å². The van der Waals surface area contributed by atoms with Crippen molar-refractivity contribution in [1.29, 1.82) is 5.26 Å². The van der Waals surface area contributed by atoms with Gasteiger partial charge in [-0.05, 0) is 5.56 Å². The summed E-state index contributed by atoms with van der Waals surface area (Å²) in [6.07, 6.45) is 3.32. The molecule has 1 atom stereocenters. The molecule has 6 nitrogen and oxygen atoms in total. The molecule has 0 aromatic carbocycles. The minimum absolute atomic E-state index is 0.0518. The van der Waals surface area contributed by atoms with Crippen LogP contribution in [-0.4, -0.2) is 19.3 Å². The zero-order valence-corrected chi connectivity index (χ0v) is 11.9. The van der Waals surface area contributed by atoms with Gasteiger partial charge in [-0.2, -0.15) is 5.26 Å². The number of nitriles is 1. The van der Waals surface area contributed by atoms with Crippen LogP contribution >= 0.6 is 11.8 Å². The maximum Gasteiger partial charge on any atom is 0.229 e. The van der Waals surface area contributed by atoms with Crippen LogP contribution in [0.1, 0.15) is 17.7 Å². The zero-order chi connectivity index (χ0) is 14.5. The summed E-state index contributed by atoms with van der Waals surface area (Å²) in [7, 11) is -3.93. The second-order valence-corrected chi connectivity index (χ2v) is 6.73. The Labute approximate surface area is 116 Å². The first-order chi connectivity index (χ1) is 8.84. The van der Waals surface area contributed by atoms with Crippen molar-refractivity contribution in [2.24, 2.45) is 5.14 Å². The number of hydrogen-bond acceptors (Lipinski definition) is 5. The van der Waals surface area contributed by atoms with Crippen LogP contribution in [0.25, 0.3) is 0 Å². The number of carbonyl (C=O) groups excluding carboxylic acids is 1. The Morgan fingerprint density at radius 1 is 1.53 bits per heavy atom. The van der Waals surface area contributed by atoms with Gasteiger partial charge in [0.05, 0.1) is 11.8 Å². The predicted molar refractivity (Wildman–Crippen MR) is 71.2 cm³/mol. The van der Waals surface area contributed by atoms with Crippen LogP contribution in [0.4, 0.5) is 0 Å². The molecule has 0 radical (unpaired) electrons. The standard InChI is InChI=1S/C11H14N3O3S2/c1-9(15)18-7-6-14-4-2-10(3-5-14)11(8-12)19(13,16)17/h2-5,11H,6-7H2,1H3,(H2,13,16,17)/q+1. The molecular formula is C11H14N3O3S2+. The molecule has 0 fully saturated rings. The van der Waals surface area contributed by atoms with Gasteiger partial charge in [-0.15, -0.1) is 0 Å². The van der Waals surface area contributed by atoms with Crippen molar-refractivity contribution in [3.63, 3.8) is 0 Å². The third kappa shape index (κ3) is 4.98. The van der Waals surface area contributed by atoms with Gasteiger partial charge in [-0.25, -0.2) is 18.1 Å². The summed E-state index contributed by atoms with van der Waals surface area (Å²) >= 11 is 1.22. The second kappa shape index (κ2) is 6.65. The maximum absolute atomic E-state index is 11.2. The maximum atomic E-state index is 11.2. The van der Waals surface area contributed by atoms with Crippen molar-refractivity contribution in [1.82, 2.24) is 0 Å². The highest BCUT2D eigenvalue weighted by molar-refractivity contribution is 8.13. The van der Waals surface area contributed by atoms with Crippen LogP contribution < -0.4 is 9.71 Å². The predicted octanol–water partition coefficient (Wildman–Crippen LogP) is 0.107. The molecule has 1 aromatic heterocycles. The molecule has 0 saturated heterocycles. The van der Waals surface area contributed by atoms with Gasteiger partial charge >= 0.3 is 0 Å². The number of pyridine rings is 1. The van der Waals surface area contributed by atoms with Gasteiger partial charge in [-0.1, -0.05) is 11.8 Å². The number of hydrogen-bond donors (Lipinski definition) is 1. The highest BCUT2D eigenvalue weighted by atomic mass is 32.2. The number of aromatic nitrogens is 1. The molecule has 1 rings (SSSR count). The summed E-state index contributed by atoms with van der Waals surface area (Å²) in [5.74, 6) is 0.635. The van der Waals surface area contributed by atoms with E-state index in [-0.39, 0.29) is 5.12 Å². The van der Waals surface area contributed by atoms with Crippen LogP contribution in [-0.2, 0) is 21.4 Å². The van der Waals surface area contributed by atoms with Crippen LogP contribution in [0, 0.1) is 11.3 Å². The molecule has 8 heteroatoms. The molecule has 1 heterocycles. The Kier molecular flexibility index (Phi) is 5.47. The molecule has 0 aliphatic carbocycles. The van der Waals surface area contributed by atoms with Gasteiger partial charge in [0, 0.05) is 19.1 Å². The van der Waals surface area contributed by atoms with Crippen LogP contribution in [0.15, 0.2) is 24.5 Å². The number of carbonyl (C=O) groups is 1. The number of nitrogens with zero attached hydrogens (tertiary/aromatic N) is 2. The Hall–Kier alpha value is -1.43. The number of thioether (sulfide) groups is 1. The van der Waals surface area contributed by atoms with Crippen molar-refractivity contribution in [3.8, 4) is 6.07 Å². The average Bonchev–Trinajstić information content (AvgIpc) is 2.30. The monoisotopic (exact) mass is 300 g/mol. The number of nitrogens with two attached hydrogens (primary N) is 1. The van der Waals surface area contributed by atoms with Crippen molar-refractivity contribution in [3.05, 3.63) is 30.1 Å². The normalized spacial score (nSPS) is 12.7. The molecule has 0 aliphatic heterocycles. The third-order valence-electron chi connectivity index (χ3n) is 2.32. The van der Waals surface area contributed by atoms with Crippen LogP contribution in [0.3, 0.4) is 0 Å². The first-order valence-corrected chi connectivity index (χ1v) is 7.97. The van der Waals surface area contributed by atoms with Gasteiger partial charge in [0.2, 0.25) is 10.0 Å². The zero-order valence-electron chi connectivity index (χ0n) is 10.3. The summed E-state index contributed by atoms with van der Waals surface area (Å²) < 4.78 is 24.2. The summed E-state index contributed by atoms with van der Waals surface area (Å²) in [4.78, 5) is 10.8. The first kappa shape index (κ1) is 15.6. The highest BCUT2D eigenvalue weighted by Crippen LogP contribution is 2.17. The number of rotatable bonds is 5. The Morgan fingerprint density at radius 3 is 2.53 bits per heavy atom. The fourth-order valence-corrected chi connectivity index (χ4v) is 2.70. The topological polar surface area (TPSA) is 105 Å². The van der Waals surface area contributed by atoms with Gasteiger partial charge < -0.3 is 0 Å².